The number of hydrogen-bond acceptors (Lipinski definition) is 0. The minimum atomic E-state index is -0.122. The Morgan fingerprint density at radius 2 is 2.22 bits per heavy atom. The van der Waals surface area contributed by atoms with Gasteiger partial charge >= 0.3 is 0 Å². The second-order valence-electron chi connectivity index (χ2n) is 1.98. The van der Waals surface area contributed by atoms with Crippen molar-refractivity contribution in [3.63, 3.8) is 0 Å². The van der Waals surface area contributed by atoms with Gasteiger partial charge in [-0.05, 0) is 23.7 Å². The summed E-state index contributed by atoms with van der Waals surface area (Å²) in [4.78, 5) is 0. The van der Waals surface area contributed by atoms with Crippen molar-refractivity contribution in [3.8, 4) is 0 Å². The summed E-state index contributed by atoms with van der Waals surface area (Å²) in [5.74, 6) is -0.122. The van der Waals surface area contributed by atoms with Crippen molar-refractivity contribution < 1.29 is 4.39 Å². The summed E-state index contributed by atoms with van der Waals surface area (Å²) in [5, 5.41) is 0. The van der Waals surface area contributed by atoms with Crippen molar-refractivity contribution in [1.29, 1.82) is 0 Å². The lowest BCUT2D eigenvalue weighted by molar-refractivity contribution is 0.626. The van der Waals surface area contributed by atoms with E-state index < -0.39 is 0 Å². The zero-order valence-corrected chi connectivity index (χ0v) is 7.39. The van der Waals surface area contributed by atoms with E-state index in [-0.39, 0.29) is 5.82 Å². The van der Waals surface area contributed by atoms with Gasteiger partial charge in [-0.3, -0.25) is 0 Å². The molecule has 0 aromatic heterocycles. The van der Waals surface area contributed by atoms with Crippen LogP contribution in [0.1, 0.15) is 5.56 Å². The fraction of sp³-hybridized carbons (Fsp3) is 0.143. The maximum absolute atomic E-state index is 12.4. The van der Waals surface area contributed by atoms with Gasteiger partial charge in [-0.25, -0.2) is 4.39 Å². The summed E-state index contributed by atoms with van der Waals surface area (Å²) in [5.41, 5.74) is 1.11. The molecule has 0 fully saturated rings. The van der Waals surface area contributed by atoms with E-state index in [0.717, 1.165) is 21.9 Å². The molecule has 0 saturated carbocycles. The van der Waals surface area contributed by atoms with Crippen molar-refractivity contribution in [2.45, 2.75) is 6.04 Å². The Labute approximate surface area is 57.1 Å². The van der Waals surface area contributed by atoms with Gasteiger partial charge < -0.3 is 0 Å². The smallest absolute Gasteiger partial charge is 0.123 e. The Morgan fingerprint density at radius 1 is 1.44 bits per heavy atom. The topological polar surface area (TPSA) is 0 Å². The molecule has 0 amide bonds. The Hall–Kier alpha value is -0.633. The quantitative estimate of drug-likeness (QED) is 0.503. The highest BCUT2D eigenvalue weighted by molar-refractivity contribution is 6.08. The van der Waals surface area contributed by atoms with Crippen molar-refractivity contribution in [2.24, 2.45) is 0 Å². The van der Waals surface area contributed by atoms with Crippen LogP contribution >= 0.6 is 0 Å². The van der Waals surface area contributed by atoms with E-state index in [2.05, 4.69) is 0 Å². The summed E-state index contributed by atoms with van der Waals surface area (Å²) < 4.78 is 12.4. The monoisotopic (exact) mass is 140 g/mol. The van der Waals surface area contributed by atoms with Gasteiger partial charge in [0, 0.05) is 10.2 Å². The van der Waals surface area contributed by atoms with E-state index in [9.17, 15) is 4.39 Å². The lowest BCUT2D eigenvalue weighted by Crippen LogP contribution is -1.83. The molecular formula is C7H9FSi. The molecule has 0 aliphatic rings. The van der Waals surface area contributed by atoms with Crippen LogP contribution in [0.3, 0.4) is 0 Å². The second kappa shape index (κ2) is 2.78. The minimum Gasteiger partial charge on any atom is -0.207 e. The summed E-state index contributed by atoms with van der Waals surface area (Å²) in [6.07, 6.45) is 0. The molecule has 0 spiro atoms. The molecule has 1 aromatic carbocycles. The third-order valence-corrected chi connectivity index (χ3v) is 2.11. The molecule has 0 nitrogen and oxygen atoms in total. The van der Waals surface area contributed by atoms with Gasteiger partial charge in [0.15, 0.2) is 0 Å². The lowest BCUT2D eigenvalue weighted by Gasteiger charge is -1.92. The minimum absolute atomic E-state index is 0.122. The Morgan fingerprint density at radius 3 is 2.67 bits per heavy atom. The summed E-state index contributed by atoms with van der Waals surface area (Å²) in [6, 6.07) is 7.81. The maximum Gasteiger partial charge on any atom is 0.123 e. The van der Waals surface area contributed by atoms with Crippen LogP contribution in [0.2, 0.25) is 0 Å². The van der Waals surface area contributed by atoms with Crippen molar-refractivity contribution in [2.75, 3.05) is 0 Å². The first kappa shape index (κ1) is 6.49. The van der Waals surface area contributed by atoms with E-state index in [1.165, 1.54) is 6.07 Å². The van der Waals surface area contributed by atoms with Crippen molar-refractivity contribution in [1.82, 2.24) is 0 Å². The molecule has 0 bridgehead atoms. The largest absolute Gasteiger partial charge is 0.207 e. The van der Waals surface area contributed by atoms with Crippen molar-refractivity contribution in [3.05, 3.63) is 35.6 Å². The highest BCUT2D eigenvalue weighted by Gasteiger charge is 1.88. The normalized spacial score (nSPS) is 9.89. The number of rotatable bonds is 1. The molecule has 0 aliphatic heterocycles. The SMILES string of the molecule is Fc1cccc(C[SiH3])c1. The number of hydrogen-bond donors (Lipinski definition) is 0. The van der Waals surface area contributed by atoms with Crippen LogP contribution in [0.25, 0.3) is 0 Å². The van der Waals surface area contributed by atoms with Crippen LogP contribution in [0.4, 0.5) is 4.39 Å². The van der Waals surface area contributed by atoms with Crippen LogP contribution in [0.5, 0.6) is 0 Å². The van der Waals surface area contributed by atoms with Crippen LogP contribution < -0.4 is 0 Å². The standard InChI is InChI=1S/C7H9FSi/c8-7-3-1-2-6(4-7)5-9/h1-4H,5H2,9H3. The van der Waals surface area contributed by atoms with Crippen molar-refractivity contribution >= 4 is 10.2 Å². The molecule has 0 heterocycles. The molecule has 1 aromatic rings. The Kier molecular flexibility index (Phi) is 2.00. The Balaban J connectivity index is 2.94. The third-order valence-electron chi connectivity index (χ3n) is 1.30. The molecule has 2 heteroatoms. The first-order valence-corrected chi connectivity index (χ1v) is 4.49. The van der Waals surface area contributed by atoms with Gasteiger partial charge in [-0.2, -0.15) is 0 Å². The zero-order valence-electron chi connectivity index (χ0n) is 5.39. The van der Waals surface area contributed by atoms with E-state index in [1.807, 2.05) is 6.07 Å². The molecular weight excluding hydrogens is 131 g/mol. The first-order chi connectivity index (χ1) is 4.33. The van der Waals surface area contributed by atoms with Crippen LogP contribution in [0.15, 0.2) is 24.3 Å². The van der Waals surface area contributed by atoms with Crippen LogP contribution in [-0.4, -0.2) is 10.2 Å². The van der Waals surface area contributed by atoms with Gasteiger partial charge in [-0.1, -0.05) is 12.1 Å². The highest BCUT2D eigenvalue weighted by atomic mass is 28.1. The molecule has 9 heavy (non-hydrogen) atoms. The fourth-order valence-electron chi connectivity index (χ4n) is 0.757. The fourth-order valence-corrected chi connectivity index (χ4v) is 1.20. The van der Waals surface area contributed by atoms with Gasteiger partial charge in [0.2, 0.25) is 0 Å². The van der Waals surface area contributed by atoms with Gasteiger partial charge in [0.05, 0.1) is 0 Å². The molecule has 0 atom stereocenters. The van der Waals surface area contributed by atoms with Gasteiger partial charge in [0.1, 0.15) is 5.82 Å². The molecule has 48 valence electrons. The summed E-state index contributed by atoms with van der Waals surface area (Å²) in [6.45, 7) is 0. The summed E-state index contributed by atoms with van der Waals surface area (Å²) >= 11 is 0. The van der Waals surface area contributed by atoms with E-state index in [0.29, 0.717) is 0 Å². The Bertz CT molecular complexity index is 198. The van der Waals surface area contributed by atoms with Crippen LogP contribution in [0, 0.1) is 5.82 Å². The molecule has 0 aliphatic carbocycles. The first-order valence-electron chi connectivity index (χ1n) is 3.07. The highest BCUT2D eigenvalue weighted by Crippen LogP contribution is 2.01. The number of benzene rings is 1. The average Bonchev–Trinajstić information content (AvgIpc) is 1.88. The summed E-state index contributed by atoms with van der Waals surface area (Å²) in [7, 11) is 1.11. The zero-order chi connectivity index (χ0) is 6.69. The second-order valence-corrected chi connectivity index (χ2v) is 2.69. The van der Waals surface area contributed by atoms with E-state index in [4.69, 9.17) is 0 Å². The van der Waals surface area contributed by atoms with Gasteiger partial charge in [0.25, 0.3) is 0 Å². The molecule has 0 unspecified atom stereocenters. The van der Waals surface area contributed by atoms with Gasteiger partial charge in [-0.15, -0.1) is 0 Å². The number of halogens is 1. The van der Waals surface area contributed by atoms with Crippen LogP contribution in [-0.2, 0) is 6.04 Å². The third kappa shape index (κ3) is 1.64. The molecule has 1 rings (SSSR count). The molecule has 0 saturated heterocycles. The predicted octanol–water partition coefficient (Wildman–Crippen LogP) is 0.691. The lowest BCUT2D eigenvalue weighted by atomic mass is 10.2. The molecule has 0 radical (unpaired) electrons. The molecule has 0 N–H and O–H groups in total. The predicted molar refractivity (Wildman–Crippen MR) is 40.0 cm³/mol. The maximum atomic E-state index is 12.4. The van der Waals surface area contributed by atoms with E-state index >= 15 is 0 Å². The average molecular weight is 140 g/mol. The van der Waals surface area contributed by atoms with E-state index in [1.54, 1.807) is 12.1 Å².